The average molecular weight is 280 g/mol. The van der Waals surface area contributed by atoms with Crippen LogP contribution in [0.2, 0.25) is 10.0 Å². The molecule has 0 radical (unpaired) electrons. The smallest absolute Gasteiger partial charge is 0.0569 e. The number of hydrogen-bond donors (Lipinski definition) is 1. The molecule has 0 bridgehead atoms. The molecule has 0 amide bonds. The molecule has 0 fully saturated rings. The van der Waals surface area contributed by atoms with E-state index in [9.17, 15) is 0 Å². The fourth-order valence-corrected chi connectivity index (χ4v) is 2.56. The lowest BCUT2D eigenvalue weighted by Crippen LogP contribution is -2.14. The van der Waals surface area contributed by atoms with E-state index >= 15 is 0 Å². The first-order chi connectivity index (χ1) is 8.50. The van der Waals surface area contributed by atoms with E-state index in [0.717, 1.165) is 11.1 Å². The van der Waals surface area contributed by atoms with Gasteiger partial charge in [-0.2, -0.15) is 0 Å². The van der Waals surface area contributed by atoms with E-state index in [1.165, 1.54) is 11.1 Å². The fourth-order valence-electron chi connectivity index (χ4n) is 2.03. The standard InChI is InChI=1S/C15H15Cl2N/c1-9-4-3-5-12(10(9)2)15(18)13-7-6-11(16)8-14(13)17/h3-8,15H,18H2,1-2H3. The molecule has 18 heavy (non-hydrogen) atoms. The molecule has 1 unspecified atom stereocenters. The minimum atomic E-state index is -0.227. The summed E-state index contributed by atoms with van der Waals surface area (Å²) in [5, 5.41) is 1.23. The van der Waals surface area contributed by atoms with Crippen molar-refractivity contribution in [3.05, 3.63) is 68.7 Å². The summed E-state index contributed by atoms with van der Waals surface area (Å²) in [5.74, 6) is 0. The van der Waals surface area contributed by atoms with Crippen molar-refractivity contribution in [1.82, 2.24) is 0 Å². The van der Waals surface area contributed by atoms with E-state index in [1.54, 1.807) is 6.07 Å². The summed E-state index contributed by atoms with van der Waals surface area (Å²) in [5.41, 5.74) is 10.7. The van der Waals surface area contributed by atoms with E-state index in [0.29, 0.717) is 10.0 Å². The van der Waals surface area contributed by atoms with Gasteiger partial charge in [-0.25, -0.2) is 0 Å². The maximum Gasteiger partial charge on any atom is 0.0569 e. The maximum absolute atomic E-state index is 6.31. The van der Waals surface area contributed by atoms with Gasteiger partial charge < -0.3 is 5.73 Å². The van der Waals surface area contributed by atoms with Gasteiger partial charge in [-0.15, -0.1) is 0 Å². The molecular weight excluding hydrogens is 265 g/mol. The van der Waals surface area contributed by atoms with Gasteiger partial charge in [0.05, 0.1) is 6.04 Å². The van der Waals surface area contributed by atoms with E-state index in [-0.39, 0.29) is 6.04 Å². The summed E-state index contributed by atoms with van der Waals surface area (Å²) in [4.78, 5) is 0. The molecule has 2 aromatic rings. The molecule has 0 aliphatic carbocycles. The molecule has 0 aromatic heterocycles. The number of hydrogen-bond acceptors (Lipinski definition) is 1. The first-order valence-electron chi connectivity index (χ1n) is 5.77. The molecule has 1 atom stereocenters. The van der Waals surface area contributed by atoms with Crippen LogP contribution in [-0.4, -0.2) is 0 Å². The predicted molar refractivity (Wildman–Crippen MR) is 78.4 cm³/mol. The van der Waals surface area contributed by atoms with Crippen LogP contribution in [0, 0.1) is 13.8 Å². The van der Waals surface area contributed by atoms with Crippen molar-refractivity contribution in [3.63, 3.8) is 0 Å². The van der Waals surface area contributed by atoms with Crippen molar-refractivity contribution in [3.8, 4) is 0 Å². The van der Waals surface area contributed by atoms with E-state index in [4.69, 9.17) is 28.9 Å². The second-order valence-corrected chi connectivity index (χ2v) is 5.28. The topological polar surface area (TPSA) is 26.0 Å². The van der Waals surface area contributed by atoms with Crippen molar-refractivity contribution in [2.24, 2.45) is 5.73 Å². The van der Waals surface area contributed by atoms with Crippen LogP contribution in [0.25, 0.3) is 0 Å². The second-order valence-electron chi connectivity index (χ2n) is 4.43. The van der Waals surface area contributed by atoms with Crippen LogP contribution in [0.3, 0.4) is 0 Å². The molecule has 3 heteroatoms. The number of benzene rings is 2. The van der Waals surface area contributed by atoms with Crippen LogP contribution >= 0.6 is 23.2 Å². The lowest BCUT2D eigenvalue weighted by atomic mass is 9.93. The van der Waals surface area contributed by atoms with Crippen LogP contribution in [0.15, 0.2) is 36.4 Å². The molecule has 0 heterocycles. The first-order valence-corrected chi connectivity index (χ1v) is 6.53. The van der Waals surface area contributed by atoms with Gasteiger partial charge in [-0.05, 0) is 48.2 Å². The molecule has 2 rings (SSSR count). The predicted octanol–water partition coefficient (Wildman–Crippen LogP) is 4.66. The van der Waals surface area contributed by atoms with Crippen molar-refractivity contribution in [2.45, 2.75) is 19.9 Å². The summed E-state index contributed by atoms with van der Waals surface area (Å²) in [6, 6.07) is 11.3. The Kier molecular flexibility index (Phi) is 3.96. The Labute approximate surface area is 118 Å². The quantitative estimate of drug-likeness (QED) is 0.850. The first kappa shape index (κ1) is 13.4. The van der Waals surface area contributed by atoms with Gasteiger partial charge in [-0.1, -0.05) is 47.5 Å². The largest absolute Gasteiger partial charge is 0.320 e. The van der Waals surface area contributed by atoms with E-state index < -0.39 is 0 Å². The summed E-state index contributed by atoms with van der Waals surface area (Å²) >= 11 is 12.1. The third-order valence-electron chi connectivity index (χ3n) is 3.28. The third-order valence-corrected chi connectivity index (χ3v) is 3.84. The summed E-state index contributed by atoms with van der Waals surface area (Å²) in [7, 11) is 0. The molecular formula is C15H15Cl2N. The zero-order valence-electron chi connectivity index (χ0n) is 10.4. The normalized spacial score (nSPS) is 12.5. The summed E-state index contributed by atoms with van der Waals surface area (Å²) in [6.45, 7) is 4.16. The molecule has 94 valence electrons. The zero-order chi connectivity index (χ0) is 13.3. The van der Waals surface area contributed by atoms with Crippen LogP contribution < -0.4 is 5.73 Å². The maximum atomic E-state index is 6.31. The van der Waals surface area contributed by atoms with E-state index in [2.05, 4.69) is 19.9 Å². The lowest BCUT2D eigenvalue weighted by Gasteiger charge is -2.18. The molecule has 0 spiro atoms. The Balaban J connectivity index is 2.48. The Morgan fingerprint density at radius 2 is 1.72 bits per heavy atom. The zero-order valence-corrected chi connectivity index (χ0v) is 11.9. The average Bonchev–Trinajstić information content (AvgIpc) is 2.32. The Hall–Kier alpha value is -1.02. The van der Waals surface area contributed by atoms with Crippen LogP contribution in [0.1, 0.15) is 28.3 Å². The number of halogens is 2. The van der Waals surface area contributed by atoms with Gasteiger partial charge in [0.2, 0.25) is 0 Å². The fraction of sp³-hybridized carbons (Fsp3) is 0.200. The van der Waals surface area contributed by atoms with Gasteiger partial charge >= 0.3 is 0 Å². The van der Waals surface area contributed by atoms with Crippen molar-refractivity contribution >= 4 is 23.2 Å². The molecule has 0 saturated carbocycles. The molecule has 2 N–H and O–H groups in total. The number of rotatable bonds is 2. The summed E-state index contributed by atoms with van der Waals surface area (Å²) in [6.07, 6.45) is 0. The Morgan fingerprint density at radius 3 is 2.39 bits per heavy atom. The number of nitrogens with two attached hydrogens (primary N) is 1. The highest BCUT2D eigenvalue weighted by molar-refractivity contribution is 6.35. The minimum absolute atomic E-state index is 0.227. The highest BCUT2D eigenvalue weighted by Gasteiger charge is 2.15. The van der Waals surface area contributed by atoms with Gasteiger partial charge in [-0.3, -0.25) is 0 Å². The third kappa shape index (κ3) is 2.54. The second kappa shape index (κ2) is 5.31. The molecule has 0 saturated heterocycles. The van der Waals surface area contributed by atoms with Gasteiger partial charge in [0.15, 0.2) is 0 Å². The molecule has 1 nitrogen and oxygen atoms in total. The van der Waals surface area contributed by atoms with Crippen molar-refractivity contribution in [1.29, 1.82) is 0 Å². The Morgan fingerprint density at radius 1 is 1.00 bits per heavy atom. The van der Waals surface area contributed by atoms with Gasteiger partial charge in [0.25, 0.3) is 0 Å². The molecule has 0 aliphatic heterocycles. The summed E-state index contributed by atoms with van der Waals surface area (Å²) < 4.78 is 0. The minimum Gasteiger partial charge on any atom is -0.320 e. The van der Waals surface area contributed by atoms with Crippen LogP contribution in [0.4, 0.5) is 0 Å². The monoisotopic (exact) mass is 279 g/mol. The highest BCUT2D eigenvalue weighted by Crippen LogP contribution is 2.30. The van der Waals surface area contributed by atoms with E-state index in [1.807, 2.05) is 24.3 Å². The van der Waals surface area contributed by atoms with Crippen LogP contribution in [-0.2, 0) is 0 Å². The highest BCUT2D eigenvalue weighted by atomic mass is 35.5. The SMILES string of the molecule is Cc1cccc(C(N)c2ccc(Cl)cc2Cl)c1C. The van der Waals surface area contributed by atoms with Gasteiger partial charge in [0.1, 0.15) is 0 Å². The Bertz CT molecular complexity index is 579. The molecule has 0 aliphatic rings. The van der Waals surface area contributed by atoms with Crippen molar-refractivity contribution in [2.75, 3.05) is 0 Å². The lowest BCUT2D eigenvalue weighted by molar-refractivity contribution is 0.859. The molecule has 2 aromatic carbocycles. The number of aryl methyl sites for hydroxylation is 1. The van der Waals surface area contributed by atoms with Crippen LogP contribution in [0.5, 0.6) is 0 Å². The van der Waals surface area contributed by atoms with Gasteiger partial charge in [0, 0.05) is 10.0 Å². The van der Waals surface area contributed by atoms with Crippen molar-refractivity contribution < 1.29 is 0 Å².